The maximum absolute atomic E-state index is 10.5. The molecule has 2 heteroatoms. The first-order valence-corrected chi connectivity index (χ1v) is 6.65. The molecule has 0 aromatic rings. The van der Waals surface area contributed by atoms with Crippen LogP contribution in [0.2, 0.25) is 0 Å². The molecule has 2 nitrogen and oxygen atoms in total. The van der Waals surface area contributed by atoms with Gasteiger partial charge in [0.25, 0.3) is 0 Å². The van der Waals surface area contributed by atoms with E-state index in [0.29, 0.717) is 0 Å². The highest BCUT2D eigenvalue weighted by Gasteiger charge is 2.48. The van der Waals surface area contributed by atoms with E-state index in [1.165, 1.54) is 6.42 Å². The van der Waals surface area contributed by atoms with Gasteiger partial charge in [-0.1, -0.05) is 26.7 Å². The van der Waals surface area contributed by atoms with Crippen LogP contribution >= 0.6 is 0 Å². The molecule has 0 saturated heterocycles. The molecule has 16 heavy (non-hydrogen) atoms. The van der Waals surface area contributed by atoms with E-state index in [4.69, 9.17) is 0 Å². The zero-order chi connectivity index (χ0) is 12.2. The zero-order valence-corrected chi connectivity index (χ0v) is 10.9. The van der Waals surface area contributed by atoms with Crippen LogP contribution in [0, 0.1) is 22.7 Å². The molecule has 1 aliphatic carbocycles. The number of hydrogen-bond acceptors (Lipinski definition) is 2. The van der Waals surface area contributed by atoms with E-state index < -0.39 is 11.0 Å². The fourth-order valence-electron chi connectivity index (χ4n) is 3.08. The molecule has 92 valence electrons. The molecule has 0 aliphatic heterocycles. The summed E-state index contributed by atoms with van der Waals surface area (Å²) >= 11 is 0. The van der Waals surface area contributed by atoms with E-state index in [-0.39, 0.29) is 0 Å². The van der Waals surface area contributed by atoms with Crippen molar-refractivity contribution in [2.24, 2.45) is 11.3 Å². The minimum atomic E-state index is -0.810. The molecule has 0 spiro atoms. The minimum absolute atomic E-state index is 0.491. The van der Waals surface area contributed by atoms with Gasteiger partial charge in [-0.15, -0.1) is 0 Å². The zero-order valence-electron chi connectivity index (χ0n) is 10.9. The highest BCUT2D eigenvalue weighted by Crippen LogP contribution is 2.48. The summed E-state index contributed by atoms with van der Waals surface area (Å²) < 4.78 is 0. The van der Waals surface area contributed by atoms with Gasteiger partial charge in [-0.25, -0.2) is 0 Å². The second-order valence-corrected chi connectivity index (χ2v) is 5.57. The average Bonchev–Trinajstić information content (AvgIpc) is 2.29. The summed E-state index contributed by atoms with van der Waals surface area (Å²) in [6.45, 7) is 6.14. The van der Waals surface area contributed by atoms with Gasteiger partial charge in [-0.3, -0.25) is 0 Å². The molecule has 1 aliphatic rings. The van der Waals surface area contributed by atoms with Crippen molar-refractivity contribution in [2.75, 3.05) is 0 Å². The fourth-order valence-corrected chi connectivity index (χ4v) is 3.08. The largest absolute Gasteiger partial charge is 0.389 e. The first kappa shape index (κ1) is 13.5. The van der Waals surface area contributed by atoms with Crippen molar-refractivity contribution >= 4 is 0 Å². The van der Waals surface area contributed by atoms with Crippen LogP contribution in [0.4, 0.5) is 0 Å². The second-order valence-electron chi connectivity index (χ2n) is 5.57. The average molecular weight is 223 g/mol. The van der Waals surface area contributed by atoms with E-state index in [2.05, 4.69) is 19.9 Å². The van der Waals surface area contributed by atoms with E-state index in [0.717, 1.165) is 44.4 Å². The van der Waals surface area contributed by atoms with Gasteiger partial charge in [0, 0.05) is 0 Å². The molecular weight excluding hydrogens is 198 g/mol. The van der Waals surface area contributed by atoms with Crippen molar-refractivity contribution in [3.05, 3.63) is 0 Å². The minimum Gasteiger partial charge on any atom is -0.389 e. The molecule has 0 bridgehead atoms. The number of nitrogens with zero attached hydrogens (tertiary/aromatic N) is 1. The molecule has 0 radical (unpaired) electrons. The van der Waals surface area contributed by atoms with Gasteiger partial charge in [0.2, 0.25) is 0 Å². The Kier molecular flexibility index (Phi) is 4.38. The summed E-state index contributed by atoms with van der Waals surface area (Å²) in [7, 11) is 0. The Balaban J connectivity index is 2.77. The Labute approximate surface area is 99.7 Å². The van der Waals surface area contributed by atoms with Crippen LogP contribution in [0.5, 0.6) is 0 Å². The number of rotatable bonds is 4. The van der Waals surface area contributed by atoms with Gasteiger partial charge in [-0.2, -0.15) is 5.26 Å². The van der Waals surface area contributed by atoms with E-state index in [1.54, 1.807) is 0 Å². The second kappa shape index (κ2) is 5.19. The van der Waals surface area contributed by atoms with Gasteiger partial charge in [0.1, 0.15) is 0 Å². The highest BCUT2D eigenvalue weighted by molar-refractivity contribution is 5.11. The lowest BCUT2D eigenvalue weighted by Crippen LogP contribution is -2.47. The lowest BCUT2D eigenvalue weighted by atomic mass is 9.61. The fraction of sp³-hybridized carbons (Fsp3) is 0.929. The van der Waals surface area contributed by atoms with Crippen LogP contribution in [-0.2, 0) is 0 Å². The molecule has 1 rings (SSSR count). The molecule has 0 aromatic heterocycles. The summed E-state index contributed by atoms with van der Waals surface area (Å²) in [4.78, 5) is 0. The Morgan fingerprint density at radius 1 is 1.38 bits per heavy atom. The maximum atomic E-state index is 10.5. The Morgan fingerprint density at radius 2 is 1.94 bits per heavy atom. The normalized spacial score (nSPS) is 34.1. The highest BCUT2D eigenvalue weighted by atomic mass is 16.3. The van der Waals surface area contributed by atoms with Crippen LogP contribution in [-0.4, -0.2) is 10.7 Å². The van der Waals surface area contributed by atoms with E-state index >= 15 is 0 Å². The lowest BCUT2D eigenvalue weighted by Gasteiger charge is -2.44. The van der Waals surface area contributed by atoms with Crippen LogP contribution in [0.1, 0.15) is 65.7 Å². The summed E-state index contributed by atoms with van der Waals surface area (Å²) in [5.74, 6) is 0.763. The third-order valence-corrected chi connectivity index (χ3v) is 4.52. The first-order valence-electron chi connectivity index (χ1n) is 6.65. The van der Waals surface area contributed by atoms with Gasteiger partial charge >= 0.3 is 0 Å². The van der Waals surface area contributed by atoms with Gasteiger partial charge in [0.15, 0.2) is 0 Å². The van der Waals surface area contributed by atoms with Crippen LogP contribution in [0.25, 0.3) is 0 Å². The van der Waals surface area contributed by atoms with Gasteiger partial charge in [-0.05, 0) is 44.9 Å². The Bertz CT molecular complexity index is 256. The molecular formula is C14H25NO. The third kappa shape index (κ3) is 2.40. The topological polar surface area (TPSA) is 44.0 Å². The van der Waals surface area contributed by atoms with Crippen molar-refractivity contribution in [1.29, 1.82) is 5.26 Å². The summed E-state index contributed by atoms with van der Waals surface area (Å²) in [5, 5.41) is 20.0. The van der Waals surface area contributed by atoms with Gasteiger partial charge in [0.05, 0.1) is 17.1 Å². The summed E-state index contributed by atoms with van der Waals surface area (Å²) in [6, 6.07) is 2.44. The predicted molar refractivity (Wildman–Crippen MR) is 65.8 cm³/mol. The molecule has 1 unspecified atom stereocenters. The van der Waals surface area contributed by atoms with E-state index in [1.807, 2.05) is 6.92 Å². The summed E-state index contributed by atoms with van der Waals surface area (Å²) in [6.07, 6.45) is 6.82. The SMILES string of the molecule is CCCC(C)(O)C1(C#N)CCC(CC)CC1. The predicted octanol–water partition coefficient (Wildman–Crippen LogP) is 3.65. The van der Waals surface area contributed by atoms with Crippen LogP contribution in [0.15, 0.2) is 0 Å². The Morgan fingerprint density at radius 3 is 2.31 bits per heavy atom. The van der Waals surface area contributed by atoms with Gasteiger partial charge < -0.3 is 5.11 Å². The first-order chi connectivity index (χ1) is 7.51. The number of nitriles is 1. The third-order valence-electron chi connectivity index (χ3n) is 4.52. The molecule has 1 saturated carbocycles. The standard InChI is InChI=1S/C14H25NO/c1-4-8-13(3,16)14(11-15)9-6-12(5-2)7-10-14/h12,16H,4-10H2,1-3H3. The van der Waals surface area contributed by atoms with Crippen LogP contribution < -0.4 is 0 Å². The quantitative estimate of drug-likeness (QED) is 0.790. The van der Waals surface area contributed by atoms with E-state index in [9.17, 15) is 10.4 Å². The summed E-state index contributed by atoms with van der Waals surface area (Å²) in [5.41, 5.74) is -1.30. The monoisotopic (exact) mass is 223 g/mol. The molecule has 0 amide bonds. The smallest absolute Gasteiger partial charge is 0.0857 e. The van der Waals surface area contributed by atoms with Crippen LogP contribution in [0.3, 0.4) is 0 Å². The van der Waals surface area contributed by atoms with Crippen molar-refractivity contribution < 1.29 is 5.11 Å². The molecule has 1 atom stereocenters. The number of aliphatic hydroxyl groups is 1. The Hall–Kier alpha value is -0.550. The molecule has 0 heterocycles. The molecule has 1 fully saturated rings. The lowest BCUT2D eigenvalue weighted by molar-refractivity contribution is -0.0700. The number of hydrogen-bond donors (Lipinski definition) is 1. The van der Waals surface area contributed by atoms with Crippen molar-refractivity contribution in [3.8, 4) is 6.07 Å². The van der Waals surface area contributed by atoms with Crippen molar-refractivity contribution in [3.63, 3.8) is 0 Å². The molecule has 1 N–H and O–H groups in total. The van der Waals surface area contributed by atoms with Crippen molar-refractivity contribution in [1.82, 2.24) is 0 Å². The maximum Gasteiger partial charge on any atom is 0.0857 e. The van der Waals surface area contributed by atoms with Crippen molar-refractivity contribution in [2.45, 2.75) is 71.3 Å². The molecule has 0 aromatic carbocycles.